The van der Waals surface area contributed by atoms with Crippen LogP contribution < -0.4 is 10.6 Å². The molecule has 2 aromatic carbocycles. The molecule has 0 aromatic heterocycles. The zero-order chi connectivity index (χ0) is 34.3. The Bertz CT molecular complexity index is 1360. The molecule has 0 atom stereocenters. The summed E-state index contributed by atoms with van der Waals surface area (Å²) in [4.78, 5) is 47.4. The van der Waals surface area contributed by atoms with Gasteiger partial charge in [0.05, 0.1) is 26.4 Å². The monoisotopic (exact) mass is 644 g/mol. The molecule has 0 saturated heterocycles. The van der Waals surface area contributed by atoms with Gasteiger partial charge < -0.3 is 29.6 Å². The minimum Gasteiger partial charge on any atom is -0.466 e. The zero-order valence-corrected chi connectivity index (χ0v) is 26.7. The fraction of sp³-hybridized carbons (Fsp3) is 0.371. The second kappa shape index (κ2) is 22.0. The second-order valence-corrected chi connectivity index (χ2v) is 9.88. The average molecular weight is 645 g/mol. The lowest BCUT2D eigenvalue weighted by molar-refractivity contribution is -0.145. The van der Waals surface area contributed by atoms with Crippen molar-refractivity contribution in [2.45, 2.75) is 46.0 Å². The Kier molecular flexibility index (Phi) is 17.6. The Hall–Kier alpha value is -5.62. The highest BCUT2D eigenvalue weighted by molar-refractivity contribution is 5.98. The Morgan fingerprint density at radius 1 is 0.617 bits per heavy atom. The van der Waals surface area contributed by atoms with Crippen LogP contribution in [0, 0.1) is 22.7 Å². The summed E-state index contributed by atoms with van der Waals surface area (Å²) < 4.78 is 20.2. The van der Waals surface area contributed by atoms with E-state index >= 15 is 0 Å². The molecule has 0 bridgehead atoms. The van der Waals surface area contributed by atoms with Crippen molar-refractivity contribution in [3.05, 3.63) is 70.8 Å². The minimum atomic E-state index is -0.658. The van der Waals surface area contributed by atoms with E-state index in [1.807, 2.05) is 36.4 Å². The summed E-state index contributed by atoms with van der Waals surface area (Å²) in [6.45, 7) is 5.35. The maximum Gasteiger partial charge on any atom is 0.348 e. The molecule has 0 unspecified atom stereocenters. The number of carbonyl (C=O) groups excluding carboxylic acids is 4. The van der Waals surface area contributed by atoms with Crippen LogP contribution in [0.2, 0.25) is 0 Å². The largest absolute Gasteiger partial charge is 0.466 e. The van der Waals surface area contributed by atoms with Gasteiger partial charge in [0.2, 0.25) is 0 Å². The molecule has 2 rings (SSSR count). The van der Waals surface area contributed by atoms with Crippen LogP contribution in [-0.4, -0.2) is 63.4 Å². The van der Waals surface area contributed by atoms with Crippen LogP contribution >= 0.6 is 0 Å². The molecule has 0 aliphatic carbocycles. The second-order valence-electron chi connectivity index (χ2n) is 9.88. The molecule has 0 fully saturated rings. The van der Waals surface area contributed by atoms with E-state index in [4.69, 9.17) is 29.5 Å². The Labute approximate surface area is 274 Å². The van der Waals surface area contributed by atoms with Crippen molar-refractivity contribution in [3.8, 4) is 12.1 Å². The molecule has 0 heterocycles. The number of esters is 4. The van der Waals surface area contributed by atoms with Crippen molar-refractivity contribution in [2.24, 2.45) is 0 Å². The molecule has 12 nitrogen and oxygen atoms in total. The highest BCUT2D eigenvalue weighted by Gasteiger charge is 2.11. The quantitative estimate of drug-likeness (QED) is 0.0635. The van der Waals surface area contributed by atoms with E-state index in [1.165, 1.54) is 12.2 Å². The fourth-order valence-corrected chi connectivity index (χ4v) is 3.92. The van der Waals surface area contributed by atoms with Gasteiger partial charge in [-0.05, 0) is 80.7 Å². The van der Waals surface area contributed by atoms with Gasteiger partial charge in [-0.3, -0.25) is 9.59 Å². The lowest BCUT2D eigenvalue weighted by Crippen LogP contribution is -2.12. The van der Waals surface area contributed by atoms with E-state index in [-0.39, 0.29) is 62.4 Å². The van der Waals surface area contributed by atoms with E-state index in [2.05, 4.69) is 10.6 Å². The smallest absolute Gasteiger partial charge is 0.348 e. The topological polar surface area (TPSA) is 177 Å². The maximum absolute atomic E-state index is 12.0. The number of nitrogens with zero attached hydrogens (tertiary/aromatic N) is 2. The van der Waals surface area contributed by atoms with Gasteiger partial charge in [0.15, 0.2) is 0 Å². The first kappa shape index (κ1) is 37.6. The number of nitriles is 2. The fourth-order valence-electron chi connectivity index (χ4n) is 3.92. The summed E-state index contributed by atoms with van der Waals surface area (Å²) in [5.41, 5.74) is 2.91. The van der Waals surface area contributed by atoms with Gasteiger partial charge in [-0.2, -0.15) is 10.5 Å². The molecule has 2 aromatic rings. The van der Waals surface area contributed by atoms with Crippen molar-refractivity contribution >= 4 is 47.4 Å². The highest BCUT2D eigenvalue weighted by Crippen LogP contribution is 2.15. The molecule has 0 aliphatic rings. The molecule has 248 valence electrons. The maximum atomic E-state index is 12.0. The van der Waals surface area contributed by atoms with Crippen molar-refractivity contribution in [1.29, 1.82) is 10.5 Å². The van der Waals surface area contributed by atoms with E-state index < -0.39 is 11.9 Å². The molecule has 0 spiro atoms. The number of hydrogen-bond donors (Lipinski definition) is 2. The van der Waals surface area contributed by atoms with Gasteiger partial charge in [-0.1, -0.05) is 24.3 Å². The van der Waals surface area contributed by atoms with Crippen LogP contribution in [0.25, 0.3) is 12.2 Å². The van der Waals surface area contributed by atoms with Crippen LogP contribution in [0.4, 0.5) is 11.4 Å². The SMILES string of the molecule is CCOC(=O)/C(C#N)=C/c1ccc(NCCCOC(=O)CCCC(=O)OCCCNc2ccc(/C=C(\C#N)C(=O)OCC)cc2)cc1. The van der Waals surface area contributed by atoms with Crippen LogP contribution in [0.15, 0.2) is 59.7 Å². The minimum absolute atomic E-state index is 0.0719. The lowest BCUT2D eigenvalue weighted by atomic mass is 10.1. The first-order chi connectivity index (χ1) is 22.8. The third-order valence-corrected chi connectivity index (χ3v) is 6.26. The zero-order valence-electron chi connectivity index (χ0n) is 26.7. The molecule has 12 heteroatoms. The molecule has 0 aliphatic heterocycles. The van der Waals surface area contributed by atoms with Gasteiger partial charge in [-0.15, -0.1) is 0 Å². The standard InChI is InChI=1S/C35H40N4O8/c1-3-44-34(42)28(24-36)22-26-10-14-30(15-11-26)38-18-6-20-46-32(40)8-5-9-33(41)47-21-7-19-39-31-16-12-27(13-17-31)23-29(25-37)35(43)45-4-2/h10-17,22-23,38-39H,3-9,18-21H2,1-2H3/b28-22+,29-23+. The molecular formula is C35H40N4O8. The summed E-state index contributed by atoms with van der Waals surface area (Å²) in [5.74, 6) is -2.07. The number of ether oxygens (including phenoxy) is 4. The number of benzene rings is 2. The molecule has 2 N–H and O–H groups in total. The number of anilines is 2. The molecule has 47 heavy (non-hydrogen) atoms. The highest BCUT2D eigenvalue weighted by atomic mass is 16.5. The van der Waals surface area contributed by atoms with Gasteiger partial charge in [0.25, 0.3) is 0 Å². The Balaban J connectivity index is 1.53. The predicted molar refractivity (Wildman–Crippen MR) is 175 cm³/mol. The molecule has 0 amide bonds. The van der Waals surface area contributed by atoms with Crippen LogP contribution in [0.5, 0.6) is 0 Å². The third kappa shape index (κ3) is 15.3. The lowest BCUT2D eigenvalue weighted by Gasteiger charge is -2.09. The molecule has 0 saturated carbocycles. The van der Waals surface area contributed by atoms with E-state index in [1.54, 1.807) is 38.1 Å². The van der Waals surface area contributed by atoms with Crippen LogP contribution in [0.1, 0.15) is 57.1 Å². The summed E-state index contributed by atoms with van der Waals surface area (Å²) in [6.07, 6.45) is 4.68. The van der Waals surface area contributed by atoms with Gasteiger partial charge >= 0.3 is 23.9 Å². The Morgan fingerprint density at radius 2 is 1.00 bits per heavy atom. The third-order valence-electron chi connectivity index (χ3n) is 6.26. The first-order valence-electron chi connectivity index (χ1n) is 15.4. The number of carbonyl (C=O) groups is 4. The normalized spacial score (nSPS) is 11.0. The number of hydrogen-bond acceptors (Lipinski definition) is 12. The van der Waals surface area contributed by atoms with Gasteiger partial charge in [-0.25, -0.2) is 9.59 Å². The summed E-state index contributed by atoms with van der Waals surface area (Å²) >= 11 is 0. The number of nitrogens with one attached hydrogen (secondary N) is 2. The van der Waals surface area contributed by atoms with Crippen molar-refractivity contribution in [3.63, 3.8) is 0 Å². The summed E-state index contributed by atoms with van der Waals surface area (Å²) in [5, 5.41) is 24.7. The molecule has 0 radical (unpaired) electrons. The average Bonchev–Trinajstić information content (AvgIpc) is 3.07. The Morgan fingerprint density at radius 3 is 1.34 bits per heavy atom. The van der Waals surface area contributed by atoms with E-state index in [9.17, 15) is 19.2 Å². The van der Waals surface area contributed by atoms with Crippen molar-refractivity contribution < 1.29 is 38.1 Å². The summed E-state index contributed by atoms with van der Waals surface area (Å²) in [7, 11) is 0. The predicted octanol–water partition coefficient (Wildman–Crippen LogP) is 5.19. The van der Waals surface area contributed by atoms with Gasteiger partial charge in [0.1, 0.15) is 23.3 Å². The van der Waals surface area contributed by atoms with E-state index in [0.29, 0.717) is 43.5 Å². The van der Waals surface area contributed by atoms with E-state index in [0.717, 1.165) is 11.4 Å². The summed E-state index contributed by atoms with van der Waals surface area (Å²) in [6, 6.07) is 18.0. The van der Waals surface area contributed by atoms with Crippen LogP contribution in [0.3, 0.4) is 0 Å². The van der Waals surface area contributed by atoms with Crippen LogP contribution in [-0.2, 0) is 38.1 Å². The van der Waals surface area contributed by atoms with Crippen molar-refractivity contribution in [1.82, 2.24) is 0 Å². The first-order valence-corrected chi connectivity index (χ1v) is 15.4. The number of rotatable bonds is 20. The molecular weight excluding hydrogens is 604 g/mol. The van der Waals surface area contributed by atoms with Crippen molar-refractivity contribution in [2.75, 3.05) is 50.2 Å². The van der Waals surface area contributed by atoms with Gasteiger partial charge in [0, 0.05) is 37.3 Å².